The molecule has 0 saturated carbocycles. The maximum absolute atomic E-state index is 9.00. The Balaban J connectivity index is 2.14. The average molecular weight is 211 g/mol. The molecule has 1 atom stereocenters. The summed E-state index contributed by atoms with van der Waals surface area (Å²) in [6, 6.07) is 0. The van der Waals surface area contributed by atoms with Crippen LogP contribution < -0.4 is 5.73 Å². The molecule has 76 valence electrons. The topological polar surface area (TPSA) is 63.5 Å². The van der Waals surface area contributed by atoms with E-state index < -0.39 is 0 Å². The predicted molar refractivity (Wildman–Crippen MR) is 56.4 cm³/mol. The first kappa shape index (κ1) is 9.64. The van der Waals surface area contributed by atoms with E-state index in [1.54, 1.807) is 11.3 Å². The summed E-state index contributed by atoms with van der Waals surface area (Å²) in [5.74, 6) is 0.125. The fourth-order valence-electron chi connectivity index (χ4n) is 1.39. The van der Waals surface area contributed by atoms with E-state index in [1.807, 2.05) is 22.2 Å². The van der Waals surface area contributed by atoms with Crippen LogP contribution in [0.4, 0.5) is 0 Å². The first-order valence-corrected chi connectivity index (χ1v) is 5.43. The Kier molecular flexibility index (Phi) is 2.81. The number of fused-ring (bicyclic) bond motifs is 1. The van der Waals surface area contributed by atoms with Crippen molar-refractivity contribution in [1.82, 2.24) is 9.38 Å². The fourth-order valence-corrected chi connectivity index (χ4v) is 2.11. The first-order valence-electron chi connectivity index (χ1n) is 4.55. The molecule has 2 aromatic heterocycles. The summed E-state index contributed by atoms with van der Waals surface area (Å²) in [6.07, 6.45) is 4.72. The van der Waals surface area contributed by atoms with E-state index in [9.17, 15) is 0 Å². The Morgan fingerprint density at radius 3 is 3.14 bits per heavy atom. The van der Waals surface area contributed by atoms with Crippen molar-refractivity contribution < 1.29 is 5.11 Å². The molecule has 0 fully saturated rings. The number of nitrogens with two attached hydrogens (primary N) is 1. The molecule has 14 heavy (non-hydrogen) atoms. The molecule has 4 nitrogen and oxygen atoms in total. The normalized spacial score (nSPS) is 13.6. The van der Waals surface area contributed by atoms with Gasteiger partial charge < -0.3 is 10.8 Å². The van der Waals surface area contributed by atoms with Crippen molar-refractivity contribution >= 4 is 16.3 Å². The maximum Gasteiger partial charge on any atom is 0.193 e. The van der Waals surface area contributed by atoms with Crippen molar-refractivity contribution in [3.05, 3.63) is 23.5 Å². The van der Waals surface area contributed by atoms with Crippen molar-refractivity contribution in [3.63, 3.8) is 0 Å². The van der Waals surface area contributed by atoms with Crippen LogP contribution in [0.2, 0.25) is 0 Å². The van der Waals surface area contributed by atoms with Crippen LogP contribution in [0.3, 0.4) is 0 Å². The van der Waals surface area contributed by atoms with Gasteiger partial charge in [-0.15, -0.1) is 11.3 Å². The highest BCUT2D eigenvalue weighted by atomic mass is 32.1. The van der Waals surface area contributed by atoms with Gasteiger partial charge in [-0.25, -0.2) is 4.98 Å². The lowest BCUT2D eigenvalue weighted by Gasteiger charge is -2.07. The summed E-state index contributed by atoms with van der Waals surface area (Å²) in [5.41, 5.74) is 6.51. The van der Waals surface area contributed by atoms with Gasteiger partial charge in [0.15, 0.2) is 4.96 Å². The summed E-state index contributed by atoms with van der Waals surface area (Å²) >= 11 is 1.61. The summed E-state index contributed by atoms with van der Waals surface area (Å²) in [4.78, 5) is 5.42. The molecular weight excluding hydrogens is 198 g/mol. The second-order valence-corrected chi connectivity index (χ2v) is 4.19. The zero-order chi connectivity index (χ0) is 9.97. The standard InChI is InChI=1S/C9H13N3OS/c10-4-7(6-13)3-8-5-12-1-2-14-9(12)11-8/h1-2,5,7,13H,3-4,6,10H2. The fraction of sp³-hybridized carbons (Fsp3) is 0.444. The highest BCUT2D eigenvalue weighted by molar-refractivity contribution is 7.15. The summed E-state index contributed by atoms with van der Waals surface area (Å²) in [7, 11) is 0. The van der Waals surface area contributed by atoms with Crippen LogP contribution in [0, 0.1) is 5.92 Å². The minimum Gasteiger partial charge on any atom is -0.396 e. The summed E-state index contributed by atoms with van der Waals surface area (Å²) in [6.45, 7) is 0.628. The smallest absolute Gasteiger partial charge is 0.193 e. The van der Waals surface area contributed by atoms with Gasteiger partial charge in [-0.3, -0.25) is 4.40 Å². The van der Waals surface area contributed by atoms with Crippen molar-refractivity contribution in [2.75, 3.05) is 13.2 Å². The Labute approximate surface area is 86.0 Å². The molecule has 3 N–H and O–H groups in total. The number of aromatic nitrogens is 2. The molecule has 0 aliphatic carbocycles. The third kappa shape index (κ3) is 1.79. The molecule has 0 aliphatic heterocycles. The van der Waals surface area contributed by atoms with E-state index in [0.717, 1.165) is 17.1 Å². The zero-order valence-corrected chi connectivity index (χ0v) is 8.57. The molecule has 1 unspecified atom stereocenters. The van der Waals surface area contributed by atoms with Crippen LogP contribution in [0.5, 0.6) is 0 Å². The highest BCUT2D eigenvalue weighted by Gasteiger charge is 2.09. The van der Waals surface area contributed by atoms with Gasteiger partial charge in [0, 0.05) is 24.4 Å². The quantitative estimate of drug-likeness (QED) is 0.774. The van der Waals surface area contributed by atoms with Gasteiger partial charge in [-0.05, 0) is 18.9 Å². The van der Waals surface area contributed by atoms with Crippen molar-refractivity contribution in [2.45, 2.75) is 6.42 Å². The molecule has 2 aromatic rings. The minimum atomic E-state index is 0.125. The van der Waals surface area contributed by atoms with Gasteiger partial charge in [0.05, 0.1) is 5.69 Å². The van der Waals surface area contributed by atoms with Crippen molar-refractivity contribution in [3.8, 4) is 0 Å². The van der Waals surface area contributed by atoms with Crippen LogP contribution in [-0.2, 0) is 6.42 Å². The van der Waals surface area contributed by atoms with Crippen molar-refractivity contribution in [1.29, 1.82) is 0 Å². The van der Waals surface area contributed by atoms with Gasteiger partial charge in [-0.1, -0.05) is 0 Å². The SMILES string of the molecule is NCC(CO)Cc1cn2ccsc2n1. The Morgan fingerprint density at radius 2 is 2.50 bits per heavy atom. The Hall–Kier alpha value is -0.910. The third-order valence-corrected chi connectivity index (χ3v) is 3.00. The Bertz CT molecular complexity index is 376. The number of imidazole rings is 1. The lowest BCUT2D eigenvalue weighted by Crippen LogP contribution is -2.20. The first-order chi connectivity index (χ1) is 6.83. The minimum absolute atomic E-state index is 0.125. The zero-order valence-electron chi connectivity index (χ0n) is 7.76. The van der Waals surface area contributed by atoms with Crippen LogP contribution >= 0.6 is 11.3 Å². The molecule has 5 heteroatoms. The molecule has 0 amide bonds. The molecule has 0 bridgehead atoms. The average Bonchev–Trinajstić information content (AvgIpc) is 2.73. The Morgan fingerprint density at radius 1 is 1.64 bits per heavy atom. The number of aliphatic hydroxyl groups excluding tert-OH is 1. The van der Waals surface area contributed by atoms with E-state index in [4.69, 9.17) is 10.8 Å². The highest BCUT2D eigenvalue weighted by Crippen LogP contribution is 2.13. The van der Waals surface area contributed by atoms with Gasteiger partial charge >= 0.3 is 0 Å². The second-order valence-electron chi connectivity index (χ2n) is 3.31. The molecular formula is C9H13N3OS. The number of hydrogen-bond donors (Lipinski definition) is 2. The number of thiazole rings is 1. The number of aliphatic hydroxyl groups is 1. The summed E-state index contributed by atoms with van der Waals surface area (Å²) in [5, 5.41) is 11.0. The van der Waals surface area contributed by atoms with Gasteiger partial charge in [0.1, 0.15) is 0 Å². The maximum atomic E-state index is 9.00. The predicted octanol–water partition coefficient (Wildman–Crippen LogP) is 0.505. The van der Waals surface area contributed by atoms with E-state index in [1.165, 1.54) is 0 Å². The summed E-state index contributed by atoms with van der Waals surface area (Å²) < 4.78 is 1.99. The van der Waals surface area contributed by atoms with Crippen LogP contribution in [0.15, 0.2) is 17.8 Å². The number of rotatable bonds is 4. The lowest BCUT2D eigenvalue weighted by atomic mass is 10.1. The molecule has 2 rings (SSSR count). The molecule has 2 heterocycles. The molecule has 0 aliphatic rings. The molecule has 0 saturated heterocycles. The van der Waals surface area contributed by atoms with E-state index in [-0.39, 0.29) is 12.5 Å². The largest absolute Gasteiger partial charge is 0.396 e. The van der Waals surface area contributed by atoms with Gasteiger partial charge in [-0.2, -0.15) is 0 Å². The van der Waals surface area contributed by atoms with Crippen LogP contribution in [0.25, 0.3) is 4.96 Å². The van der Waals surface area contributed by atoms with E-state index in [2.05, 4.69) is 4.98 Å². The number of hydrogen-bond acceptors (Lipinski definition) is 4. The van der Waals surface area contributed by atoms with Gasteiger partial charge in [0.2, 0.25) is 0 Å². The molecule has 0 radical (unpaired) electrons. The molecule has 0 aromatic carbocycles. The monoisotopic (exact) mass is 211 g/mol. The van der Waals surface area contributed by atoms with Crippen LogP contribution in [0.1, 0.15) is 5.69 Å². The third-order valence-electron chi connectivity index (χ3n) is 2.23. The van der Waals surface area contributed by atoms with E-state index in [0.29, 0.717) is 6.54 Å². The second kappa shape index (κ2) is 4.08. The number of nitrogens with zero attached hydrogens (tertiary/aromatic N) is 2. The van der Waals surface area contributed by atoms with E-state index >= 15 is 0 Å². The van der Waals surface area contributed by atoms with Gasteiger partial charge in [0.25, 0.3) is 0 Å². The lowest BCUT2D eigenvalue weighted by molar-refractivity contribution is 0.229. The molecule has 0 spiro atoms. The van der Waals surface area contributed by atoms with Crippen LogP contribution in [-0.4, -0.2) is 27.6 Å². The van der Waals surface area contributed by atoms with Crippen molar-refractivity contribution in [2.24, 2.45) is 11.7 Å².